The number of morpholine rings is 1. The van der Waals surface area contributed by atoms with E-state index in [9.17, 15) is 0 Å². The van der Waals surface area contributed by atoms with Crippen molar-refractivity contribution in [3.63, 3.8) is 0 Å². The first kappa shape index (κ1) is 16.0. The van der Waals surface area contributed by atoms with E-state index in [1.807, 2.05) is 13.1 Å². The standard InChI is InChI=1S/C16H28N4O/c1-7-12-10-21-11(2)9-20(12)14-8-13(17-6)18-15(19-14)16(3,4)5/h8,11-12H,7,9-10H2,1-6H3,(H,17,18,19). The van der Waals surface area contributed by atoms with Gasteiger partial charge in [0.15, 0.2) is 0 Å². The minimum atomic E-state index is -0.0682. The van der Waals surface area contributed by atoms with Gasteiger partial charge in [0.1, 0.15) is 17.5 Å². The number of aromatic nitrogens is 2. The third-order valence-electron chi connectivity index (χ3n) is 3.87. The lowest BCUT2D eigenvalue weighted by atomic mass is 9.95. The van der Waals surface area contributed by atoms with Crippen molar-refractivity contribution in [2.75, 3.05) is 30.4 Å². The summed E-state index contributed by atoms with van der Waals surface area (Å²) in [5.41, 5.74) is -0.0682. The number of nitrogens with one attached hydrogen (secondary N) is 1. The van der Waals surface area contributed by atoms with Crippen LogP contribution in [0.5, 0.6) is 0 Å². The summed E-state index contributed by atoms with van der Waals surface area (Å²) in [4.78, 5) is 11.8. The van der Waals surface area contributed by atoms with Crippen molar-refractivity contribution in [1.82, 2.24) is 9.97 Å². The maximum atomic E-state index is 5.79. The zero-order chi connectivity index (χ0) is 15.6. The normalized spacial score (nSPS) is 23.2. The number of hydrogen-bond donors (Lipinski definition) is 1. The van der Waals surface area contributed by atoms with Gasteiger partial charge in [0.25, 0.3) is 0 Å². The smallest absolute Gasteiger partial charge is 0.138 e. The largest absolute Gasteiger partial charge is 0.375 e. The summed E-state index contributed by atoms with van der Waals surface area (Å²) in [6.07, 6.45) is 1.29. The van der Waals surface area contributed by atoms with E-state index in [2.05, 4.69) is 49.8 Å². The second-order valence-electron chi connectivity index (χ2n) is 6.79. The Bertz CT molecular complexity index is 484. The van der Waals surface area contributed by atoms with E-state index in [0.29, 0.717) is 6.04 Å². The molecule has 0 aromatic carbocycles. The zero-order valence-electron chi connectivity index (χ0n) is 14.1. The summed E-state index contributed by atoms with van der Waals surface area (Å²) in [6, 6.07) is 2.42. The highest BCUT2D eigenvalue weighted by Gasteiger charge is 2.28. The molecule has 118 valence electrons. The number of hydrogen-bond acceptors (Lipinski definition) is 5. The minimum absolute atomic E-state index is 0.0682. The van der Waals surface area contributed by atoms with Crippen LogP contribution in [0.1, 0.15) is 46.9 Å². The Morgan fingerprint density at radius 2 is 2.10 bits per heavy atom. The van der Waals surface area contributed by atoms with Crippen LogP contribution in [0.4, 0.5) is 11.6 Å². The fraction of sp³-hybridized carbons (Fsp3) is 0.750. The van der Waals surface area contributed by atoms with Crippen LogP contribution in [0.3, 0.4) is 0 Å². The van der Waals surface area contributed by atoms with Crippen LogP contribution >= 0.6 is 0 Å². The van der Waals surface area contributed by atoms with Crippen molar-refractivity contribution in [2.24, 2.45) is 0 Å². The average molecular weight is 292 g/mol. The summed E-state index contributed by atoms with van der Waals surface area (Å²) >= 11 is 0. The van der Waals surface area contributed by atoms with Crippen molar-refractivity contribution in [3.05, 3.63) is 11.9 Å². The molecule has 0 saturated carbocycles. The van der Waals surface area contributed by atoms with Gasteiger partial charge in [0.05, 0.1) is 18.8 Å². The third-order valence-corrected chi connectivity index (χ3v) is 3.87. The molecule has 2 heterocycles. The summed E-state index contributed by atoms with van der Waals surface area (Å²) in [5, 5.41) is 3.15. The first-order chi connectivity index (χ1) is 9.85. The summed E-state index contributed by atoms with van der Waals surface area (Å²) in [6.45, 7) is 12.4. The molecule has 2 atom stereocenters. The van der Waals surface area contributed by atoms with Gasteiger partial charge in [0.2, 0.25) is 0 Å². The van der Waals surface area contributed by atoms with Gasteiger partial charge in [-0.1, -0.05) is 27.7 Å². The van der Waals surface area contributed by atoms with Crippen LogP contribution < -0.4 is 10.2 Å². The van der Waals surface area contributed by atoms with E-state index < -0.39 is 0 Å². The van der Waals surface area contributed by atoms with Gasteiger partial charge < -0.3 is 15.0 Å². The topological polar surface area (TPSA) is 50.3 Å². The molecule has 1 aliphatic rings. The summed E-state index contributed by atoms with van der Waals surface area (Å²) < 4.78 is 5.79. The Morgan fingerprint density at radius 1 is 1.38 bits per heavy atom. The fourth-order valence-electron chi connectivity index (χ4n) is 2.51. The lowest BCUT2D eigenvalue weighted by Gasteiger charge is -2.39. The molecule has 1 N–H and O–H groups in total. The van der Waals surface area contributed by atoms with E-state index in [1.54, 1.807) is 0 Å². The number of rotatable bonds is 3. The van der Waals surface area contributed by atoms with Gasteiger partial charge in [-0.15, -0.1) is 0 Å². The van der Waals surface area contributed by atoms with E-state index >= 15 is 0 Å². The van der Waals surface area contributed by atoms with Crippen molar-refractivity contribution in [1.29, 1.82) is 0 Å². The highest BCUT2D eigenvalue weighted by molar-refractivity contribution is 5.51. The lowest BCUT2D eigenvalue weighted by Crippen LogP contribution is -2.49. The molecule has 21 heavy (non-hydrogen) atoms. The average Bonchev–Trinajstić information content (AvgIpc) is 2.45. The Kier molecular flexibility index (Phi) is 4.71. The molecule has 1 aromatic rings. The quantitative estimate of drug-likeness (QED) is 0.928. The maximum Gasteiger partial charge on any atom is 0.138 e. The summed E-state index contributed by atoms with van der Waals surface area (Å²) in [7, 11) is 1.90. The zero-order valence-corrected chi connectivity index (χ0v) is 14.1. The maximum absolute atomic E-state index is 5.79. The first-order valence-corrected chi connectivity index (χ1v) is 7.80. The van der Waals surface area contributed by atoms with Crippen LogP contribution in [-0.4, -0.2) is 42.3 Å². The molecular weight excluding hydrogens is 264 g/mol. The molecular formula is C16H28N4O. The second-order valence-corrected chi connectivity index (χ2v) is 6.79. The monoisotopic (exact) mass is 292 g/mol. The third kappa shape index (κ3) is 3.64. The number of anilines is 2. The number of ether oxygens (including phenoxy) is 1. The van der Waals surface area contributed by atoms with Crippen LogP contribution in [0.15, 0.2) is 6.07 Å². The first-order valence-electron chi connectivity index (χ1n) is 7.80. The van der Waals surface area contributed by atoms with Gasteiger partial charge in [0, 0.05) is 25.1 Å². The van der Waals surface area contributed by atoms with Crippen LogP contribution in [0.25, 0.3) is 0 Å². The van der Waals surface area contributed by atoms with Crippen molar-refractivity contribution < 1.29 is 4.74 Å². The molecule has 0 radical (unpaired) electrons. The molecule has 1 saturated heterocycles. The molecule has 5 nitrogen and oxygen atoms in total. The van der Waals surface area contributed by atoms with Gasteiger partial charge in [-0.3, -0.25) is 0 Å². The Hall–Kier alpha value is -1.36. The Morgan fingerprint density at radius 3 is 2.67 bits per heavy atom. The van der Waals surface area contributed by atoms with E-state index in [-0.39, 0.29) is 11.5 Å². The van der Waals surface area contributed by atoms with E-state index in [0.717, 1.165) is 37.0 Å². The fourth-order valence-corrected chi connectivity index (χ4v) is 2.51. The van der Waals surface area contributed by atoms with Gasteiger partial charge in [-0.25, -0.2) is 9.97 Å². The van der Waals surface area contributed by atoms with Crippen molar-refractivity contribution in [3.8, 4) is 0 Å². The highest BCUT2D eigenvalue weighted by Crippen LogP contribution is 2.27. The Balaban J connectivity index is 2.41. The van der Waals surface area contributed by atoms with E-state index in [1.165, 1.54) is 0 Å². The molecule has 0 amide bonds. The lowest BCUT2D eigenvalue weighted by molar-refractivity contribution is 0.0296. The number of nitrogens with zero attached hydrogens (tertiary/aromatic N) is 3. The molecule has 0 aliphatic carbocycles. The van der Waals surface area contributed by atoms with Crippen molar-refractivity contribution in [2.45, 2.75) is 58.6 Å². The Labute approximate surface area is 128 Å². The summed E-state index contributed by atoms with van der Waals surface area (Å²) in [5.74, 6) is 2.75. The SMILES string of the molecule is CCC1COC(C)CN1c1cc(NC)nc(C(C)(C)C)n1. The van der Waals surface area contributed by atoms with E-state index in [4.69, 9.17) is 9.72 Å². The minimum Gasteiger partial charge on any atom is -0.375 e. The molecule has 1 fully saturated rings. The van der Waals surface area contributed by atoms with Crippen LogP contribution in [0.2, 0.25) is 0 Å². The molecule has 0 bridgehead atoms. The molecule has 1 aliphatic heterocycles. The van der Waals surface area contributed by atoms with Gasteiger partial charge >= 0.3 is 0 Å². The molecule has 2 rings (SSSR count). The van der Waals surface area contributed by atoms with Gasteiger partial charge in [-0.2, -0.15) is 0 Å². The predicted octanol–water partition coefficient (Wildman–Crippen LogP) is 2.82. The van der Waals surface area contributed by atoms with Gasteiger partial charge in [-0.05, 0) is 13.3 Å². The molecule has 1 aromatic heterocycles. The second kappa shape index (κ2) is 6.18. The molecule has 0 spiro atoms. The van der Waals surface area contributed by atoms with Crippen molar-refractivity contribution >= 4 is 11.6 Å². The molecule has 5 heteroatoms. The molecule has 2 unspecified atom stereocenters. The highest BCUT2D eigenvalue weighted by atomic mass is 16.5. The van der Waals surface area contributed by atoms with Crippen LogP contribution in [-0.2, 0) is 10.2 Å². The predicted molar refractivity (Wildman–Crippen MR) is 87.1 cm³/mol. The van der Waals surface area contributed by atoms with Crippen LogP contribution in [0, 0.1) is 0 Å².